The van der Waals surface area contributed by atoms with Crippen LogP contribution in [0.25, 0.3) is 10.9 Å². The number of hydrogen-bond donors (Lipinski definition) is 2. The summed E-state index contributed by atoms with van der Waals surface area (Å²) in [6, 6.07) is 7.28. The van der Waals surface area contributed by atoms with E-state index in [1.165, 1.54) is 6.92 Å². The third-order valence-corrected chi connectivity index (χ3v) is 5.17. The zero-order chi connectivity index (χ0) is 20.3. The van der Waals surface area contributed by atoms with Crippen LogP contribution in [0.3, 0.4) is 0 Å². The van der Waals surface area contributed by atoms with E-state index in [9.17, 15) is 14.4 Å². The number of hydrogen-bond acceptors (Lipinski definition) is 3. The van der Waals surface area contributed by atoms with Crippen molar-refractivity contribution in [2.45, 2.75) is 33.2 Å². The fraction of sp³-hybridized carbons (Fsp3) is 0.476. The molecule has 1 aromatic heterocycles. The second kappa shape index (κ2) is 8.46. The Hall–Kier alpha value is -2.83. The Morgan fingerprint density at radius 3 is 2.25 bits per heavy atom. The molecule has 0 saturated carbocycles. The highest BCUT2D eigenvalue weighted by molar-refractivity contribution is 5.89. The van der Waals surface area contributed by atoms with Crippen molar-refractivity contribution >= 4 is 28.6 Å². The Morgan fingerprint density at radius 1 is 1.04 bits per heavy atom. The molecule has 0 aliphatic carbocycles. The standard InChI is InChI=1S/C21H28N4O3/c1-14(2)20(27)24-8-10-25(11-9-24)21(28)19(23-15(3)26)12-16-13-22-18-7-5-4-6-17(16)18/h4-7,13-14,19,22H,8-12H2,1-3H3,(H,23,26). The van der Waals surface area contributed by atoms with Crippen LogP contribution in [0.4, 0.5) is 0 Å². The zero-order valence-corrected chi connectivity index (χ0v) is 16.7. The molecule has 0 spiro atoms. The maximum absolute atomic E-state index is 13.1. The molecule has 150 valence electrons. The van der Waals surface area contributed by atoms with Gasteiger partial charge in [-0.05, 0) is 11.6 Å². The smallest absolute Gasteiger partial charge is 0.245 e. The lowest BCUT2D eigenvalue weighted by molar-refractivity contribution is -0.143. The van der Waals surface area contributed by atoms with Crippen molar-refractivity contribution in [3.05, 3.63) is 36.0 Å². The molecule has 0 radical (unpaired) electrons. The van der Waals surface area contributed by atoms with Crippen LogP contribution >= 0.6 is 0 Å². The summed E-state index contributed by atoms with van der Waals surface area (Å²) in [6.45, 7) is 7.23. The summed E-state index contributed by atoms with van der Waals surface area (Å²) < 4.78 is 0. The van der Waals surface area contributed by atoms with Crippen LogP contribution in [0.5, 0.6) is 0 Å². The maximum Gasteiger partial charge on any atom is 0.245 e. The third-order valence-electron chi connectivity index (χ3n) is 5.17. The van der Waals surface area contributed by atoms with Gasteiger partial charge in [-0.2, -0.15) is 0 Å². The lowest BCUT2D eigenvalue weighted by Gasteiger charge is -2.37. The highest BCUT2D eigenvalue weighted by atomic mass is 16.2. The molecule has 2 heterocycles. The highest BCUT2D eigenvalue weighted by Gasteiger charge is 2.30. The SMILES string of the molecule is CC(=O)NC(Cc1c[nH]c2ccccc12)C(=O)N1CCN(C(=O)C(C)C)CC1. The van der Waals surface area contributed by atoms with Crippen molar-refractivity contribution in [1.82, 2.24) is 20.1 Å². The number of piperazine rings is 1. The van der Waals surface area contributed by atoms with Crippen LogP contribution in [0.1, 0.15) is 26.3 Å². The number of carbonyl (C=O) groups excluding carboxylic acids is 3. The fourth-order valence-corrected chi connectivity index (χ4v) is 3.70. The number of aromatic nitrogens is 1. The number of nitrogens with one attached hydrogen (secondary N) is 2. The molecule has 2 N–H and O–H groups in total. The summed E-state index contributed by atoms with van der Waals surface area (Å²) in [5.41, 5.74) is 2.00. The lowest BCUT2D eigenvalue weighted by Crippen LogP contribution is -2.56. The van der Waals surface area contributed by atoms with Gasteiger partial charge in [0.2, 0.25) is 17.7 Å². The van der Waals surface area contributed by atoms with E-state index in [-0.39, 0.29) is 23.6 Å². The van der Waals surface area contributed by atoms with Gasteiger partial charge in [-0.25, -0.2) is 0 Å². The first-order valence-electron chi connectivity index (χ1n) is 9.76. The number of aromatic amines is 1. The Labute approximate surface area is 165 Å². The van der Waals surface area contributed by atoms with E-state index < -0.39 is 6.04 Å². The lowest BCUT2D eigenvalue weighted by atomic mass is 10.0. The molecule has 28 heavy (non-hydrogen) atoms. The minimum absolute atomic E-state index is 0.0451. The number of fused-ring (bicyclic) bond motifs is 1. The van der Waals surface area contributed by atoms with Crippen LogP contribution < -0.4 is 5.32 Å². The van der Waals surface area contributed by atoms with Gasteiger partial charge < -0.3 is 20.1 Å². The van der Waals surface area contributed by atoms with Crippen molar-refractivity contribution < 1.29 is 14.4 Å². The van der Waals surface area contributed by atoms with Crippen LogP contribution in [-0.4, -0.2) is 64.7 Å². The predicted octanol–water partition coefficient (Wildman–Crippen LogP) is 1.54. The van der Waals surface area contributed by atoms with Gasteiger partial charge in [0.05, 0.1) is 0 Å². The Bertz CT molecular complexity index is 865. The van der Waals surface area contributed by atoms with E-state index in [0.717, 1.165) is 16.5 Å². The molecule has 7 heteroatoms. The zero-order valence-electron chi connectivity index (χ0n) is 16.7. The fourth-order valence-electron chi connectivity index (χ4n) is 3.70. The van der Waals surface area contributed by atoms with Crippen LogP contribution in [0, 0.1) is 5.92 Å². The summed E-state index contributed by atoms with van der Waals surface area (Å²) in [6.07, 6.45) is 2.32. The van der Waals surface area contributed by atoms with Gasteiger partial charge in [-0.1, -0.05) is 32.0 Å². The average Bonchev–Trinajstić information content (AvgIpc) is 3.09. The normalized spacial score (nSPS) is 15.7. The highest BCUT2D eigenvalue weighted by Crippen LogP contribution is 2.20. The van der Waals surface area contributed by atoms with Gasteiger partial charge in [-0.3, -0.25) is 14.4 Å². The molecule has 1 aliphatic rings. The Balaban J connectivity index is 1.70. The largest absolute Gasteiger partial charge is 0.361 e. The summed E-state index contributed by atoms with van der Waals surface area (Å²) in [5.74, 6) is -0.260. The van der Waals surface area contributed by atoms with Crippen molar-refractivity contribution in [1.29, 1.82) is 0 Å². The average molecular weight is 384 g/mol. The van der Waals surface area contributed by atoms with Crippen molar-refractivity contribution in [2.75, 3.05) is 26.2 Å². The van der Waals surface area contributed by atoms with Gasteiger partial charge in [0.1, 0.15) is 6.04 Å². The van der Waals surface area contributed by atoms with E-state index in [4.69, 9.17) is 0 Å². The second-order valence-corrected chi connectivity index (χ2v) is 7.62. The molecule has 3 rings (SSSR count). The summed E-state index contributed by atoms with van der Waals surface area (Å²) in [7, 11) is 0. The molecular weight excluding hydrogens is 356 g/mol. The summed E-state index contributed by atoms with van der Waals surface area (Å²) >= 11 is 0. The molecule has 1 saturated heterocycles. The van der Waals surface area contributed by atoms with Gasteiger partial charge in [0, 0.05) is 62.5 Å². The van der Waals surface area contributed by atoms with E-state index in [0.29, 0.717) is 32.6 Å². The number of amides is 3. The number of rotatable bonds is 5. The first-order chi connectivity index (χ1) is 13.4. The van der Waals surface area contributed by atoms with Gasteiger partial charge in [-0.15, -0.1) is 0 Å². The minimum atomic E-state index is -0.621. The van der Waals surface area contributed by atoms with E-state index in [1.807, 2.05) is 49.2 Å². The maximum atomic E-state index is 13.1. The number of nitrogens with zero attached hydrogens (tertiary/aromatic N) is 2. The molecule has 7 nitrogen and oxygen atoms in total. The molecule has 1 atom stereocenters. The first-order valence-corrected chi connectivity index (χ1v) is 9.76. The van der Waals surface area contributed by atoms with E-state index in [2.05, 4.69) is 10.3 Å². The monoisotopic (exact) mass is 384 g/mol. The van der Waals surface area contributed by atoms with E-state index in [1.54, 1.807) is 4.90 Å². The molecule has 2 aromatic rings. The minimum Gasteiger partial charge on any atom is -0.361 e. The van der Waals surface area contributed by atoms with Crippen molar-refractivity contribution in [3.63, 3.8) is 0 Å². The third kappa shape index (κ3) is 4.35. The molecule has 1 aliphatic heterocycles. The molecule has 1 fully saturated rings. The summed E-state index contributed by atoms with van der Waals surface area (Å²) in [4.78, 5) is 43.7. The van der Waals surface area contributed by atoms with Crippen LogP contribution in [0.15, 0.2) is 30.5 Å². The molecule has 0 bridgehead atoms. The molecule has 1 aromatic carbocycles. The number of carbonyl (C=O) groups is 3. The Kier molecular flexibility index (Phi) is 6.02. The van der Waals surface area contributed by atoms with Crippen molar-refractivity contribution in [2.24, 2.45) is 5.92 Å². The van der Waals surface area contributed by atoms with Crippen molar-refractivity contribution in [3.8, 4) is 0 Å². The van der Waals surface area contributed by atoms with Crippen LogP contribution in [-0.2, 0) is 20.8 Å². The van der Waals surface area contributed by atoms with Crippen LogP contribution in [0.2, 0.25) is 0 Å². The van der Waals surface area contributed by atoms with Gasteiger partial charge in [0.15, 0.2) is 0 Å². The number of benzene rings is 1. The quantitative estimate of drug-likeness (QED) is 0.820. The molecular formula is C21H28N4O3. The number of H-pyrrole nitrogens is 1. The molecule has 1 unspecified atom stereocenters. The predicted molar refractivity (Wildman–Crippen MR) is 108 cm³/mol. The Morgan fingerprint density at radius 2 is 1.64 bits per heavy atom. The first kappa shape index (κ1) is 19.9. The van der Waals surface area contributed by atoms with Gasteiger partial charge in [0.25, 0.3) is 0 Å². The van der Waals surface area contributed by atoms with E-state index >= 15 is 0 Å². The number of para-hydroxylation sites is 1. The van der Waals surface area contributed by atoms with Gasteiger partial charge >= 0.3 is 0 Å². The topological polar surface area (TPSA) is 85.5 Å². The molecule has 3 amide bonds. The second-order valence-electron chi connectivity index (χ2n) is 7.62. The summed E-state index contributed by atoms with van der Waals surface area (Å²) in [5, 5.41) is 3.86.